The number of H-pyrrole nitrogens is 1. The van der Waals surface area contributed by atoms with Crippen molar-refractivity contribution in [3.05, 3.63) is 65.9 Å². The van der Waals surface area contributed by atoms with E-state index in [1.165, 1.54) is 68.1 Å². The standard InChI is InChI=1S/C28H36N4O/c33-28(29-16-6-9-21-7-2-1-3-8-21)31-23-12-14-27-25(19-23)26(20-30-27)22-11-13-24-10-4-5-17-32(24)18-15-22/h1-3,7-8,12,14,19-20,22,24,30H,4-6,9-11,13,15-18H2,(H2,29,31,33). The highest BCUT2D eigenvalue weighted by molar-refractivity contribution is 5.94. The smallest absolute Gasteiger partial charge is 0.319 e. The van der Waals surface area contributed by atoms with Gasteiger partial charge in [-0.15, -0.1) is 0 Å². The Balaban J connectivity index is 1.18. The van der Waals surface area contributed by atoms with Crippen LogP contribution in [0.15, 0.2) is 54.7 Å². The number of aromatic amines is 1. The number of hydrogen-bond donors (Lipinski definition) is 3. The lowest BCUT2D eigenvalue weighted by Gasteiger charge is -2.33. The molecule has 5 heteroatoms. The number of anilines is 1. The predicted molar refractivity (Wildman–Crippen MR) is 136 cm³/mol. The van der Waals surface area contributed by atoms with Gasteiger partial charge in [0.2, 0.25) is 0 Å². The minimum atomic E-state index is -0.133. The molecule has 2 unspecified atom stereocenters. The van der Waals surface area contributed by atoms with E-state index in [1.54, 1.807) is 0 Å². The fourth-order valence-electron chi connectivity index (χ4n) is 5.72. The van der Waals surface area contributed by atoms with Crippen LogP contribution in [-0.4, -0.2) is 41.6 Å². The van der Waals surface area contributed by atoms with Crippen molar-refractivity contribution in [1.82, 2.24) is 15.2 Å². The molecule has 5 rings (SSSR count). The van der Waals surface area contributed by atoms with E-state index in [4.69, 9.17) is 0 Å². The molecule has 3 aromatic rings. The first-order valence-electron chi connectivity index (χ1n) is 12.7. The van der Waals surface area contributed by atoms with Crippen molar-refractivity contribution in [2.24, 2.45) is 0 Å². The largest absolute Gasteiger partial charge is 0.361 e. The van der Waals surface area contributed by atoms with Gasteiger partial charge in [0, 0.05) is 35.4 Å². The summed E-state index contributed by atoms with van der Waals surface area (Å²) in [6.45, 7) is 3.16. The maximum Gasteiger partial charge on any atom is 0.319 e. The summed E-state index contributed by atoms with van der Waals surface area (Å²) in [7, 11) is 0. The van der Waals surface area contributed by atoms with Crippen molar-refractivity contribution in [1.29, 1.82) is 0 Å². The number of rotatable bonds is 6. The average Bonchev–Trinajstić information content (AvgIpc) is 3.14. The second kappa shape index (κ2) is 10.4. The summed E-state index contributed by atoms with van der Waals surface area (Å²) in [5, 5.41) is 7.28. The normalized spacial score (nSPS) is 21.3. The topological polar surface area (TPSA) is 60.2 Å². The van der Waals surface area contributed by atoms with Crippen molar-refractivity contribution < 1.29 is 4.79 Å². The number of piperidine rings is 1. The highest BCUT2D eigenvalue weighted by Crippen LogP contribution is 2.37. The minimum Gasteiger partial charge on any atom is -0.361 e. The van der Waals surface area contributed by atoms with Crippen LogP contribution >= 0.6 is 0 Å². The highest BCUT2D eigenvalue weighted by atomic mass is 16.2. The summed E-state index contributed by atoms with van der Waals surface area (Å²) in [5.41, 5.74) is 4.73. The third kappa shape index (κ3) is 5.41. The minimum absolute atomic E-state index is 0.133. The summed E-state index contributed by atoms with van der Waals surface area (Å²) < 4.78 is 0. The number of urea groups is 1. The Kier molecular flexibility index (Phi) is 6.96. The molecule has 2 aromatic carbocycles. The number of carbonyl (C=O) groups excluding carboxylic acids is 1. The molecular weight excluding hydrogens is 408 g/mol. The maximum atomic E-state index is 12.4. The summed E-state index contributed by atoms with van der Waals surface area (Å²) in [4.78, 5) is 18.6. The first kappa shape index (κ1) is 22.0. The monoisotopic (exact) mass is 444 g/mol. The van der Waals surface area contributed by atoms with E-state index in [0.717, 1.165) is 30.1 Å². The van der Waals surface area contributed by atoms with Gasteiger partial charge in [-0.05, 0) is 93.3 Å². The molecule has 0 spiro atoms. The molecule has 0 aliphatic carbocycles. The molecule has 0 radical (unpaired) electrons. The third-order valence-electron chi connectivity index (χ3n) is 7.54. The van der Waals surface area contributed by atoms with Gasteiger partial charge in [0.25, 0.3) is 0 Å². The number of hydrogen-bond acceptors (Lipinski definition) is 2. The molecule has 2 fully saturated rings. The zero-order valence-electron chi connectivity index (χ0n) is 19.5. The average molecular weight is 445 g/mol. The molecule has 2 atom stereocenters. The number of benzene rings is 2. The zero-order valence-corrected chi connectivity index (χ0v) is 19.5. The molecular formula is C28H36N4O. The van der Waals surface area contributed by atoms with Crippen LogP contribution in [0.1, 0.15) is 62.0 Å². The lowest BCUT2D eigenvalue weighted by atomic mass is 9.90. The molecule has 2 saturated heterocycles. The summed E-state index contributed by atoms with van der Waals surface area (Å²) in [6.07, 6.45) is 12.0. The summed E-state index contributed by atoms with van der Waals surface area (Å²) >= 11 is 0. The molecule has 0 saturated carbocycles. The van der Waals surface area contributed by atoms with Crippen LogP contribution in [0, 0.1) is 0 Å². The third-order valence-corrected chi connectivity index (χ3v) is 7.54. The first-order valence-corrected chi connectivity index (χ1v) is 12.7. The quantitative estimate of drug-likeness (QED) is 0.406. The van der Waals surface area contributed by atoms with Gasteiger partial charge >= 0.3 is 6.03 Å². The molecule has 5 nitrogen and oxygen atoms in total. The van der Waals surface area contributed by atoms with E-state index in [-0.39, 0.29) is 6.03 Å². The fourth-order valence-corrected chi connectivity index (χ4v) is 5.72. The van der Waals surface area contributed by atoms with Crippen LogP contribution in [-0.2, 0) is 6.42 Å². The Morgan fingerprint density at radius 3 is 2.82 bits per heavy atom. The van der Waals surface area contributed by atoms with E-state index < -0.39 is 0 Å². The molecule has 3 heterocycles. The maximum absolute atomic E-state index is 12.4. The second-order valence-corrected chi connectivity index (χ2v) is 9.72. The van der Waals surface area contributed by atoms with Gasteiger partial charge in [-0.2, -0.15) is 0 Å². The predicted octanol–water partition coefficient (Wildman–Crippen LogP) is 6.04. The Morgan fingerprint density at radius 1 is 1.00 bits per heavy atom. The van der Waals surface area contributed by atoms with Gasteiger partial charge in [-0.25, -0.2) is 4.79 Å². The van der Waals surface area contributed by atoms with Gasteiger partial charge in [0.15, 0.2) is 0 Å². The van der Waals surface area contributed by atoms with Crippen LogP contribution in [0.5, 0.6) is 0 Å². The zero-order chi connectivity index (χ0) is 22.5. The summed E-state index contributed by atoms with van der Waals surface area (Å²) in [6, 6.07) is 17.3. The van der Waals surface area contributed by atoms with Crippen molar-refractivity contribution in [3.8, 4) is 0 Å². The molecule has 174 valence electrons. The van der Waals surface area contributed by atoms with Gasteiger partial charge in [0.1, 0.15) is 0 Å². The van der Waals surface area contributed by atoms with E-state index in [2.05, 4.69) is 63.1 Å². The van der Waals surface area contributed by atoms with Crippen LogP contribution in [0.2, 0.25) is 0 Å². The van der Waals surface area contributed by atoms with Crippen LogP contribution in [0.3, 0.4) is 0 Å². The second-order valence-electron chi connectivity index (χ2n) is 9.72. The number of nitrogens with one attached hydrogen (secondary N) is 3. The molecule has 1 aromatic heterocycles. The van der Waals surface area contributed by atoms with Crippen LogP contribution < -0.4 is 10.6 Å². The van der Waals surface area contributed by atoms with Crippen molar-refractivity contribution >= 4 is 22.6 Å². The summed E-state index contributed by atoms with van der Waals surface area (Å²) in [5.74, 6) is 0.589. The number of aryl methyl sites for hydroxylation is 1. The molecule has 0 bridgehead atoms. The molecule has 3 N–H and O–H groups in total. The number of carbonyl (C=O) groups is 1. The SMILES string of the molecule is O=C(NCCCc1ccccc1)Nc1ccc2[nH]cc(C3CCC4CCCCN4CC3)c2c1. The van der Waals surface area contributed by atoms with Gasteiger partial charge in [-0.1, -0.05) is 36.8 Å². The van der Waals surface area contributed by atoms with E-state index >= 15 is 0 Å². The van der Waals surface area contributed by atoms with Crippen molar-refractivity contribution in [3.63, 3.8) is 0 Å². The Bertz CT molecular complexity index is 1040. The number of fused-ring (bicyclic) bond motifs is 2. The van der Waals surface area contributed by atoms with E-state index in [0.29, 0.717) is 12.5 Å². The number of aromatic nitrogens is 1. The van der Waals surface area contributed by atoms with Gasteiger partial charge < -0.3 is 20.5 Å². The Labute approximate surface area is 196 Å². The van der Waals surface area contributed by atoms with Crippen molar-refractivity contribution in [2.45, 2.75) is 63.3 Å². The fraction of sp³-hybridized carbons (Fsp3) is 0.464. The highest BCUT2D eigenvalue weighted by Gasteiger charge is 2.28. The van der Waals surface area contributed by atoms with Gasteiger partial charge in [0.05, 0.1) is 0 Å². The van der Waals surface area contributed by atoms with Crippen molar-refractivity contribution in [2.75, 3.05) is 25.0 Å². The van der Waals surface area contributed by atoms with E-state index in [1.807, 2.05) is 12.1 Å². The molecule has 2 aliphatic heterocycles. The molecule has 2 aliphatic rings. The van der Waals surface area contributed by atoms with Gasteiger partial charge in [-0.3, -0.25) is 0 Å². The van der Waals surface area contributed by atoms with Crippen LogP contribution in [0.25, 0.3) is 10.9 Å². The lowest BCUT2D eigenvalue weighted by Crippen LogP contribution is -2.38. The lowest BCUT2D eigenvalue weighted by molar-refractivity contribution is 0.151. The molecule has 2 amide bonds. The Hall–Kier alpha value is -2.79. The number of nitrogens with zero attached hydrogens (tertiary/aromatic N) is 1. The number of amides is 2. The van der Waals surface area contributed by atoms with Crippen LogP contribution in [0.4, 0.5) is 10.5 Å². The molecule has 33 heavy (non-hydrogen) atoms. The first-order chi connectivity index (χ1) is 16.3. The van der Waals surface area contributed by atoms with E-state index in [9.17, 15) is 4.79 Å². The Morgan fingerprint density at radius 2 is 1.91 bits per heavy atom.